The summed E-state index contributed by atoms with van der Waals surface area (Å²) in [6.07, 6.45) is 2.75. The number of hydrogen-bond acceptors (Lipinski definition) is 7. The van der Waals surface area contributed by atoms with E-state index in [-0.39, 0.29) is 12.0 Å². The topological polar surface area (TPSA) is 84.4 Å². The Morgan fingerprint density at radius 2 is 1.91 bits per heavy atom. The Bertz CT molecular complexity index is 1270. The van der Waals surface area contributed by atoms with Crippen LogP contribution in [0.4, 0.5) is 0 Å². The molecule has 3 aromatic heterocycles. The monoisotopic (exact) mass is 466 g/mol. The van der Waals surface area contributed by atoms with Crippen molar-refractivity contribution >= 4 is 21.9 Å². The molecule has 2 unspecified atom stereocenters. The van der Waals surface area contributed by atoms with Gasteiger partial charge in [-0.05, 0) is 46.2 Å². The van der Waals surface area contributed by atoms with Gasteiger partial charge in [0, 0.05) is 37.2 Å². The van der Waals surface area contributed by atoms with E-state index < -0.39 is 0 Å². The van der Waals surface area contributed by atoms with Gasteiger partial charge in [0.1, 0.15) is 22.9 Å². The van der Waals surface area contributed by atoms with E-state index in [1.54, 1.807) is 14.2 Å². The van der Waals surface area contributed by atoms with Crippen LogP contribution in [0.5, 0.6) is 5.75 Å². The van der Waals surface area contributed by atoms with Crippen molar-refractivity contribution in [3.05, 3.63) is 35.6 Å². The molecule has 4 aromatic rings. The number of aromatic nitrogens is 4. The molecule has 8 heteroatoms. The summed E-state index contributed by atoms with van der Waals surface area (Å²) in [5.41, 5.74) is 5.44. The molecule has 0 fully saturated rings. The van der Waals surface area contributed by atoms with Crippen molar-refractivity contribution in [3.8, 4) is 16.9 Å². The number of pyridine rings is 1. The third-order valence-corrected chi connectivity index (χ3v) is 6.36. The van der Waals surface area contributed by atoms with Crippen LogP contribution in [0.25, 0.3) is 33.1 Å². The molecule has 182 valence electrons. The zero-order valence-corrected chi connectivity index (χ0v) is 21.1. The molecule has 0 spiro atoms. The smallest absolute Gasteiger partial charge is 0.141 e. The lowest BCUT2D eigenvalue weighted by Crippen LogP contribution is -2.16. The van der Waals surface area contributed by atoms with Crippen molar-refractivity contribution in [2.24, 2.45) is 0 Å². The van der Waals surface area contributed by atoms with Crippen molar-refractivity contribution in [2.75, 3.05) is 34.0 Å². The number of rotatable bonds is 10. The molecule has 0 aliphatic carbocycles. The number of fused-ring (bicyclic) bond motifs is 3. The number of hydrogen-bond donors (Lipinski definition) is 0. The van der Waals surface area contributed by atoms with Gasteiger partial charge in [0.2, 0.25) is 0 Å². The molecular weight excluding hydrogens is 432 g/mol. The van der Waals surface area contributed by atoms with Crippen LogP contribution in [0.2, 0.25) is 0 Å². The van der Waals surface area contributed by atoms with E-state index in [4.69, 9.17) is 28.7 Å². The molecule has 0 saturated heterocycles. The summed E-state index contributed by atoms with van der Waals surface area (Å²) in [5.74, 6) is 2.73. The first-order valence-corrected chi connectivity index (χ1v) is 11.8. The van der Waals surface area contributed by atoms with Crippen LogP contribution >= 0.6 is 0 Å². The number of methoxy groups -OCH3 is 2. The first-order chi connectivity index (χ1) is 16.4. The Labute approximate surface area is 200 Å². The lowest BCUT2D eigenvalue weighted by atomic mass is 10.0. The van der Waals surface area contributed by atoms with Gasteiger partial charge in [0.05, 0.1) is 48.2 Å². The number of benzene rings is 1. The SMILES string of the molecule is CCOCCC(C)c1nc2cnc3cc(-c4c(C)noc4C)c(OC)cc3c2n1C(C)COC. The lowest BCUT2D eigenvalue weighted by Gasteiger charge is -2.21. The van der Waals surface area contributed by atoms with Crippen LogP contribution in [0.15, 0.2) is 22.9 Å². The second-order valence-electron chi connectivity index (χ2n) is 8.79. The fourth-order valence-corrected chi connectivity index (χ4v) is 4.70. The van der Waals surface area contributed by atoms with E-state index in [9.17, 15) is 0 Å². The molecule has 0 bridgehead atoms. The minimum atomic E-state index is 0.0957. The summed E-state index contributed by atoms with van der Waals surface area (Å²) in [5, 5.41) is 5.11. The highest BCUT2D eigenvalue weighted by molar-refractivity contribution is 6.05. The maximum atomic E-state index is 5.84. The quantitative estimate of drug-likeness (QED) is 0.281. The predicted octanol–water partition coefficient (Wildman–Crippen LogP) is 5.60. The van der Waals surface area contributed by atoms with E-state index in [1.807, 2.05) is 27.0 Å². The first-order valence-electron chi connectivity index (χ1n) is 11.8. The van der Waals surface area contributed by atoms with Gasteiger partial charge in [-0.25, -0.2) is 4.98 Å². The molecular formula is C26H34N4O4. The number of ether oxygens (including phenoxy) is 3. The standard InChI is InChI=1S/C26H34N4O4/c1-8-33-10-9-15(2)26-28-22-13-27-21-11-20(24-17(4)29-34-18(24)5)23(32-7)12-19(21)25(22)30(26)16(3)14-31-6/h11-13,15-16H,8-10,14H2,1-7H3. The molecule has 0 aliphatic rings. The molecule has 0 aliphatic heterocycles. The summed E-state index contributed by atoms with van der Waals surface area (Å²) >= 11 is 0. The van der Waals surface area contributed by atoms with Crippen LogP contribution in [-0.2, 0) is 9.47 Å². The molecule has 0 radical (unpaired) electrons. The molecule has 0 saturated carbocycles. The molecule has 1 aromatic carbocycles. The van der Waals surface area contributed by atoms with E-state index in [0.29, 0.717) is 19.8 Å². The van der Waals surface area contributed by atoms with Crippen LogP contribution in [0.1, 0.15) is 56.4 Å². The Balaban J connectivity index is 1.96. The average molecular weight is 467 g/mol. The fraction of sp³-hybridized carbons (Fsp3) is 0.500. The Morgan fingerprint density at radius 3 is 2.56 bits per heavy atom. The van der Waals surface area contributed by atoms with Gasteiger partial charge >= 0.3 is 0 Å². The number of nitrogens with zero attached hydrogens (tertiary/aromatic N) is 4. The van der Waals surface area contributed by atoms with Gasteiger partial charge in [-0.1, -0.05) is 12.1 Å². The highest BCUT2D eigenvalue weighted by Gasteiger charge is 2.24. The average Bonchev–Trinajstić information content (AvgIpc) is 3.38. The Hall–Kier alpha value is -2.97. The zero-order valence-electron chi connectivity index (χ0n) is 21.1. The highest BCUT2D eigenvalue weighted by atomic mass is 16.5. The summed E-state index contributed by atoms with van der Waals surface area (Å²) < 4.78 is 24.7. The van der Waals surface area contributed by atoms with E-state index in [0.717, 1.165) is 62.5 Å². The Kier molecular flexibility index (Phi) is 7.19. The normalized spacial score (nSPS) is 13.6. The minimum Gasteiger partial charge on any atom is -0.496 e. The van der Waals surface area contributed by atoms with Gasteiger partial charge in [-0.15, -0.1) is 0 Å². The second kappa shape index (κ2) is 10.1. The van der Waals surface area contributed by atoms with Crippen molar-refractivity contribution < 1.29 is 18.7 Å². The van der Waals surface area contributed by atoms with E-state index in [2.05, 4.69) is 35.7 Å². The van der Waals surface area contributed by atoms with Crippen molar-refractivity contribution in [1.82, 2.24) is 19.7 Å². The summed E-state index contributed by atoms with van der Waals surface area (Å²) in [6, 6.07) is 4.20. The highest BCUT2D eigenvalue weighted by Crippen LogP contribution is 2.40. The maximum Gasteiger partial charge on any atom is 0.141 e. The summed E-state index contributed by atoms with van der Waals surface area (Å²) in [6.45, 7) is 12.2. The lowest BCUT2D eigenvalue weighted by molar-refractivity contribution is 0.138. The largest absolute Gasteiger partial charge is 0.496 e. The maximum absolute atomic E-state index is 5.84. The zero-order chi connectivity index (χ0) is 24.4. The molecule has 0 N–H and O–H groups in total. The molecule has 8 nitrogen and oxygen atoms in total. The van der Waals surface area contributed by atoms with Crippen LogP contribution < -0.4 is 4.74 Å². The van der Waals surface area contributed by atoms with Gasteiger partial charge in [-0.3, -0.25) is 4.98 Å². The summed E-state index contributed by atoms with van der Waals surface area (Å²) in [7, 11) is 3.41. The minimum absolute atomic E-state index is 0.0957. The fourth-order valence-electron chi connectivity index (χ4n) is 4.70. The van der Waals surface area contributed by atoms with E-state index in [1.165, 1.54) is 0 Å². The van der Waals surface area contributed by atoms with Gasteiger partial charge in [0.25, 0.3) is 0 Å². The molecule has 0 amide bonds. The number of aryl methyl sites for hydroxylation is 2. The third kappa shape index (κ3) is 4.28. The molecule has 34 heavy (non-hydrogen) atoms. The van der Waals surface area contributed by atoms with Crippen molar-refractivity contribution in [1.29, 1.82) is 0 Å². The third-order valence-electron chi connectivity index (χ3n) is 6.36. The van der Waals surface area contributed by atoms with Crippen LogP contribution in [0.3, 0.4) is 0 Å². The van der Waals surface area contributed by atoms with Crippen molar-refractivity contribution in [2.45, 2.75) is 53.0 Å². The number of imidazole rings is 1. The first kappa shape index (κ1) is 24.2. The summed E-state index contributed by atoms with van der Waals surface area (Å²) in [4.78, 5) is 9.80. The van der Waals surface area contributed by atoms with Crippen LogP contribution in [0, 0.1) is 13.8 Å². The van der Waals surface area contributed by atoms with Gasteiger partial charge in [0.15, 0.2) is 0 Å². The predicted molar refractivity (Wildman–Crippen MR) is 133 cm³/mol. The van der Waals surface area contributed by atoms with Gasteiger partial charge in [-0.2, -0.15) is 0 Å². The van der Waals surface area contributed by atoms with Crippen LogP contribution in [-0.4, -0.2) is 53.7 Å². The second-order valence-corrected chi connectivity index (χ2v) is 8.79. The molecule has 3 heterocycles. The van der Waals surface area contributed by atoms with E-state index >= 15 is 0 Å². The molecule has 4 rings (SSSR count). The molecule has 2 atom stereocenters. The Morgan fingerprint density at radius 1 is 1.12 bits per heavy atom. The van der Waals surface area contributed by atoms with Crippen molar-refractivity contribution in [3.63, 3.8) is 0 Å². The van der Waals surface area contributed by atoms with Gasteiger partial charge < -0.3 is 23.3 Å².